The van der Waals surface area contributed by atoms with Crippen molar-refractivity contribution in [1.82, 2.24) is 5.32 Å². The molecule has 0 aliphatic heterocycles. The minimum atomic E-state index is -0.0578. The third kappa shape index (κ3) is 3.40. The molecule has 1 aromatic heterocycles. The van der Waals surface area contributed by atoms with Gasteiger partial charge in [0, 0.05) is 13.0 Å². The number of aryl methyl sites for hydroxylation is 1. The van der Waals surface area contributed by atoms with Crippen LogP contribution in [0.15, 0.2) is 16.7 Å². The van der Waals surface area contributed by atoms with Crippen LogP contribution in [0.5, 0.6) is 0 Å². The summed E-state index contributed by atoms with van der Waals surface area (Å²) in [5, 5.41) is 2.84. The van der Waals surface area contributed by atoms with E-state index in [9.17, 15) is 4.79 Å². The van der Waals surface area contributed by atoms with Crippen LogP contribution in [0.2, 0.25) is 0 Å². The van der Waals surface area contributed by atoms with Gasteiger partial charge in [-0.3, -0.25) is 4.79 Å². The van der Waals surface area contributed by atoms with Gasteiger partial charge in [-0.2, -0.15) is 0 Å². The molecule has 0 bridgehead atoms. The summed E-state index contributed by atoms with van der Waals surface area (Å²) < 4.78 is 5.18. The van der Waals surface area contributed by atoms with Gasteiger partial charge in [0.05, 0.1) is 11.8 Å². The smallest absolute Gasteiger partial charge is 0.254 e. The van der Waals surface area contributed by atoms with E-state index in [-0.39, 0.29) is 5.91 Å². The summed E-state index contributed by atoms with van der Waals surface area (Å²) >= 11 is 0. The van der Waals surface area contributed by atoms with Crippen LogP contribution in [0, 0.1) is 0 Å². The summed E-state index contributed by atoms with van der Waals surface area (Å²) in [5.74, 6) is 0.684. The third-order valence-electron chi connectivity index (χ3n) is 2.23. The van der Waals surface area contributed by atoms with Crippen LogP contribution in [0.4, 0.5) is 0 Å². The molecule has 0 fully saturated rings. The second-order valence-corrected chi connectivity index (χ2v) is 3.36. The maximum Gasteiger partial charge on any atom is 0.254 e. The minimum absolute atomic E-state index is 0.0578. The standard InChI is InChI=1S/C11H18N2O2/c1-2-10-9(5-8-15-10)11(14)13-7-4-3-6-12/h5,8H,2-4,6-7,12H2,1H3,(H,13,14). The van der Waals surface area contributed by atoms with Crippen molar-refractivity contribution >= 4 is 5.91 Å². The lowest BCUT2D eigenvalue weighted by Gasteiger charge is -2.03. The molecular formula is C11H18N2O2. The first-order chi connectivity index (χ1) is 7.29. The van der Waals surface area contributed by atoms with Gasteiger partial charge in [-0.05, 0) is 25.5 Å². The van der Waals surface area contributed by atoms with E-state index >= 15 is 0 Å². The molecule has 0 radical (unpaired) electrons. The number of rotatable bonds is 6. The average Bonchev–Trinajstić information content (AvgIpc) is 2.72. The maximum absolute atomic E-state index is 11.6. The van der Waals surface area contributed by atoms with Gasteiger partial charge < -0.3 is 15.5 Å². The normalized spacial score (nSPS) is 10.3. The number of hydrogen-bond acceptors (Lipinski definition) is 3. The molecule has 0 aliphatic rings. The summed E-state index contributed by atoms with van der Waals surface area (Å²) in [7, 11) is 0. The first kappa shape index (κ1) is 11.8. The molecule has 0 spiro atoms. The van der Waals surface area contributed by atoms with Crippen LogP contribution in [-0.4, -0.2) is 19.0 Å². The quantitative estimate of drug-likeness (QED) is 0.696. The number of hydrogen-bond donors (Lipinski definition) is 2. The molecule has 0 aromatic carbocycles. The lowest BCUT2D eigenvalue weighted by atomic mass is 10.2. The van der Waals surface area contributed by atoms with Crippen molar-refractivity contribution in [2.24, 2.45) is 5.73 Å². The minimum Gasteiger partial charge on any atom is -0.469 e. The fourth-order valence-corrected chi connectivity index (χ4v) is 1.38. The van der Waals surface area contributed by atoms with Gasteiger partial charge in [0.2, 0.25) is 0 Å². The number of carbonyl (C=O) groups excluding carboxylic acids is 1. The van der Waals surface area contributed by atoms with Gasteiger partial charge in [-0.1, -0.05) is 6.92 Å². The Balaban J connectivity index is 2.40. The van der Waals surface area contributed by atoms with E-state index < -0.39 is 0 Å². The van der Waals surface area contributed by atoms with E-state index in [0.29, 0.717) is 18.7 Å². The number of furan rings is 1. The van der Waals surface area contributed by atoms with Crippen molar-refractivity contribution in [2.75, 3.05) is 13.1 Å². The molecule has 15 heavy (non-hydrogen) atoms. The zero-order valence-corrected chi connectivity index (χ0v) is 9.08. The highest BCUT2D eigenvalue weighted by molar-refractivity contribution is 5.95. The van der Waals surface area contributed by atoms with Crippen molar-refractivity contribution < 1.29 is 9.21 Å². The van der Waals surface area contributed by atoms with E-state index in [0.717, 1.165) is 25.0 Å². The van der Waals surface area contributed by atoms with E-state index in [1.807, 2.05) is 6.92 Å². The molecule has 1 heterocycles. The van der Waals surface area contributed by atoms with E-state index in [2.05, 4.69) is 5.32 Å². The Bertz CT molecular complexity index is 307. The molecule has 1 rings (SSSR count). The molecule has 0 saturated heterocycles. The van der Waals surface area contributed by atoms with Gasteiger partial charge in [-0.25, -0.2) is 0 Å². The highest BCUT2D eigenvalue weighted by Gasteiger charge is 2.11. The average molecular weight is 210 g/mol. The molecule has 1 amide bonds. The predicted octanol–water partition coefficient (Wildman–Crippen LogP) is 1.31. The third-order valence-corrected chi connectivity index (χ3v) is 2.23. The molecular weight excluding hydrogens is 192 g/mol. The molecule has 0 atom stereocenters. The Hall–Kier alpha value is -1.29. The second-order valence-electron chi connectivity index (χ2n) is 3.36. The van der Waals surface area contributed by atoms with Crippen LogP contribution in [0.25, 0.3) is 0 Å². The summed E-state index contributed by atoms with van der Waals surface area (Å²) in [5.41, 5.74) is 6.00. The molecule has 0 aliphatic carbocycles. The lowest BCUT2D eigenvalue weighted by molar-refractivity contribution is 0.0951. The van der Waals surface area contributed by atoms with Crippen LogP contribution in [-0.2, 0) is 6.42 Å². The SMILES string of the molecule is CCc1occc1C(=O)NCCCCN. The fraction of sp³-hybridized carbons (Fsp3) is 0.545. The Morgan fingerprint density at radius 3 is 3.00 bits per heavy atom. The monoisotopic (exact) mass is 210 g/mol. The summed E-state index contributed by atoms with van der Waals surface area (Å²) in [6.45, 7) is 3.30. The van der Waals surface area contributed by atoms with Gasteiger partial charge in [0.25, 0.3) is 5.91 Å². The molecule has 84 valence electrons. The predicted molar refractivity (Wildman–Crippen MR) is 58.7 cm³/mol. The van der Waals surface area contributed by atoms with Crippen molar-refractivity contribution in [1.29, 1.82) is 0 Å². The zero-order chi connectivity index (χ0) is 11.1. The van der Waals surface area contributed by atoms with Gasteiger partial charge in [0.1, 0.15) is 5.76 Å². The van der Waals surface area contributed by atoms with Crippen molar-refractivity contribution in [3.05, 3.63) is 23.7 Å². The van der Waals surface area contributed by atoms with E-state index in [1.54, 1.807) is 12.3 Å². The number of nitrogens with one attached hydrogen (secondary N) is 1. The Morgan fingerprint density at radius 1 is 1.53 bits per heavy atom. The molecule has 4 nitrogen and oxygen atoms in total. The van der Waals surface area contributed by atoms with Crippen LogP contribution in [0.1, 0.15) is 35.9 Å². The maximum atomic E-state index is 11.6. The van der Waals surface area contributed by atoms with Crippen LogP contribution >= 0.6 is 0 Å². The first-order valence-corrected chi connectivity index (χ1v) is 5.34. The summed E-state index contributed by atoms with van der Waals surface area (Å²) in [6, 6.07) is 1.71. The van der Waals surface area contributed by atoms with Gasteiger partial charge in [-0.15, -0.1) is 0 Å². The summed E-state index contributed by atoms with van der Waals surface area (Å²) in [6.07, 6.45) is 4.14. The van der Waals surface area contributed by atoms with E-state index in [1.165, 1.54) is 0 Å². The Kier molecular flexibility index (Phi) is 4.90. The van der Waals surface area contributed by atoms with Crippen molar-refractivity contribution in [3.8, 4) is 0 Å². The molecule has 1 aromatic rings. The topological polar surface area (TPSA) is 68.3 Å². The highest BCUT2D eigenvalue weighted by Crippen LogP contribution is 2.10. The largest absolute Gasteiger partial charge is 0.469 e. The lowest BCUT2D eigenvalue weighted by Crippen LogP contribution is -2.25. The number of nitrogens with two attached hydrogens (primary N) is 1. The van der Waals surface area contributed by atoms with Crippen LogP contribution < -0.4 is 11.1 Å². The second kappa shape index (κ2) is 6.24. The summed E-state index contributed by atoms with van der Waals surface area (Å²) in [4.78, 5) is 11.6. The van der Waals surface area contributed by atoms with Crippen LogP contribution in [0.3, 0.4) is 0 Å². The van der Waals surface area contributed by atoms with Gasteiger partial charge >= 0.3 is 0 Å². The number of carbonyl (C=O) groups is 1. The Morgan fingerprint density at radius 2 is 2.33 bits per heavy atom. The molecule has 4 heteroatoms. The molecule has 0 unspecified atom stereocenters. The Labute approximate surface area is 89.8 Å². The van der Waals surface area contributed by atoms with Gasteiger partial charge in [0.15, 0.2) is 0 Å². The fourth-order valence-electron chi connectivity index (χ4n) is 1.38. The molecule has 0 saturated carbocycles. The van der Waals surface area contributed by atoms with Crippen molar-refractivity contribution in [3.63, 3.8) is 0 Å². The molecule has 3 N–H and O–H groups in total. The van der Waals surface area contributed by atoms with Crippen molar-refractivity contribution in [2.45, 2.75) is 26.2 Å². The van der Waals surface area contributed by atoms with E-state index in [4.69, 9.17) is 10.2 Å². The number of unbranched alkanes of at least 4 members (excludes halogenated alkanes) is 1. The number of amides is 1. The zero-order valence-electron chi connectivity index (χ0n) is 9.08. The first-order valence-electron chi connectivity index (χ1n) is 5.34. The highest BCUT2D eigenvalue weighted by atomic mass is 16.3.